The summed E-state index contributed by atoms with van der Waals surface area (Å²) in [6, 6.07) is 22.1. The summed E-state index contributed by atoms with van der Waals surface area (Å²) in [5, 5.41) is 13.7. The van der Waals surface area contributed by atoms with Crippen LogP contribution in [0.3, 0.4) is 0 Å². The van der Waals surface area contributed by atoms with Gasteiger partial charge in [0.2, 0.25) is 0 Å². The minimum atomic E-state index is -1.38. The molecule has 5 nitrogen and oxygen atoms in total. The summed E-state index contributed by atoms with van der Waals surface area (Å²) in [7, 11) is 3.64. The van der Waals surface area contributed by atoms with E-state index in [1.165, 1.54) is 0 Å². The van der Waals surface area contributed by atoms with E-state index >= 15 is 0 Å². The van der Waals surface area contributed by atoms with E-state index in [4.69, 9.17) is 18.0 Å². The van der Waals surface area contributed by atoms with Gasteiger partial charge in [0.15, 0.2) is 0 Å². The zero-order valence-corrected chi connectivity index (χ0v) is 20.7. The molecular formula is C30H24ClN3O2. The number of fused-ring (bicyclic) bond motifs is 1. The molecule has 0 radical (unpaired) electrons. The normalized spacial score (nSPS) is 12.9. The molecule has 2 heterocycles. The van der Waals surface area contributed by atoms with Crippen molar-refractivity contribution in [2.75, 3.05) is 0 Å². The van der Waals surface area contributed by atoms with Gasteiger partial charge in [-0.2, -0.15) is 0 Å². The maximum atomic E-state index is 12.8. The van der Waals surface area contributed by atoms with E-state index in [-0.39, 0.29) is 5.56 Å². The lowest BCUT2D eigenvalue weighted by Crippen LogP contribution is -2.31. The largest absolute Gasteiger partial charge is 0.380 e. The zero-order chi connectivity index (χ0) is 25.4. The average Bonchev–Trinajstić information content (AvgIpc) is 3.29. The van der Waals surface area contributed by atoms with Crippen LogP contribution in [-0.2, 0) is 26.1 Å². The molecule has 0 spiro atoms. The van der Waals surface area contributed by atoms with Gasteiger partial charge in [0.1, 0.15) is 5.60 Å². The number of imidazole rings is 1. The first-order valence-electron chi connectivity index (χ1n) is 11.4. The third kappa shape index (κ3) is 4.11. The second-order valence-electron chi connectivity index (χ2n) is 8.95. The SMILES string of the molecule is C#Cc1cccc(-c2cc(=O)n(C)c3ccc(C(O)(Cc4cncn4C)c4ccc(Cl)cc4)cc23)c1. The fourth-order valence-electron chi connectivity index (χ4n) is 4.65. The second kappa shape index (κ2) is 9.16. The Morgan fingerprint density at radius 3 is 2.47 bits per heavy atom. The van der Waals surface area contributed by atoms with Crippen molar-refractivity contribution in [1.82, 2.24) is 14.1 Å². The Hall–Kier alpha value is -4.11. The van der Waals surface area contributed by atoms with E-state index in [9.17, 15) is 9.90 Å². The molecule has 0 aliphatic rings. The van der Waals surface area contributed by atoms with Crippen molar-refractivity contribution >= 4 is 22.5 Å². The summed E-state index contributed by atoms with van der Waals surface area (Å²) in [5.74, 6) is 2.66. The third-order valence-corrected chi connectivity index (χ3v) is 6.99. The van der Waals surface area contributed by atoms with Crippen LogP contribution in [0.2, 0.25) is 5.02 Å². The van der Waals surface area contributed by atoms with Gasteiger partial charge in [0, 0.05) is 54.4 Å². The number of terminal acetylenes is 1. The Morgan fingerprint density at radius 1 is 1.03 bits per heavy atom. The molecule has 0 fully saturated rings. The van der Waals surface area contributed by atoms with Crippen LogP contribution in [0.15, 0.2) is 90.1 Å². The first-order chi connectivity index (χ1) is 17.3. The lowest BCUT2D eigenvalue weighted by atomic mass is 9.81. The van der Waals surface area contributed by atoms with Crippen molar-refractivity contribution in [2.45, 2.75) is 12.0 Å². The van der Waals surface area contributed by atoms with Gasteiger partial charge < -0.3 is 14.2 Å². The molecule has 3 aromatic carbocycles. The first-order valence-corrected chi connectivity index (χ1v) is 11.8. The predicted octanol–water partition coefficient (Wildman–Crippen LogP) is 5.05. The maximum absolute atomic E-state index is 12.8. The topological polar surface area (TPSA) is 60.1 Å². The van der Waals surface area contributed by atoms with Crippen LogP contribution in [-0.4, -0.2) is 19.2 Å². The van der Waals surface area contributed by atoms with Gasteiger partial charge in [0.25, 0.3) is 5.56 Å². The van der Waals surface area contributed by atoms with Crippen LogP contribution in [0.4, 0.5) is 0 Å². The maximum Gasteiger partial charge on any atom is 0.251 e. The highest BCUT2D eigenvalue weighted by Gasteiger charge is 2.33. The Morgan fingerprint density at radius 2 is 1.78 bits per heavy atom. The molecule has 0 aliphatic carbocycles. The molecule has 0 saturated heterocycles. The molecule has 178 valence electrons. The van der Waals surface area contributed by atoms with Crippen LogP contribution in [0.1, 0.15) is 22.4 Å². The number of benzene rings is 3. The molecule has 0 amide bonds. The summed E-state index contributed by atoms with van der Waals surface area (Å²) in [6.07, 6.45) is 9.39. The Kier molecular flexibility index (Phi) is 6.01. The van der Waals surface area contributed by atoms with E-state index in [2.05, 4.69) is 10.9 Å². The highest BCUT2D eigenvalue weighted by molar-refractivity contribution is 6.30. The fraction of sp³-hybridized carbons (Fsp3) is 0.133. The van der Waals surface area contributed by atoms with E-state index in [1.807, 2.05) is 66.2 Å². The highest BCUT2D eigenvalue weighted by Crippen LogP contribution is 2.37. The molecule has 0 bridgehead atoms. The lowest BCUT2D eigenvalue weighted by Gasteiger charge is -2.30. The quantitative estimate of drug-likeness (QED) is 0.348. The average molecular weight is 494 g/mol. The fourth-order valence-corrected chi connectivity index (χ4v) is 4.77. The number of nitrogens with zero attached hydrogens (tertiary/aromatic N) is 3. The van der Waals surface area contributed by atoms with E-state index in [0.29, 0.717) is 22.6 Å². The van der Waals surface area contributed by atoms with Crippen molar-refractivity contribution in [2.24, 2.45) is 14.1 Å². The summed E-state index contributed by atoms with van der Waals surface area (Å²) >= 11 is 6.16. The monoisotopic (exact) mass is 493 g/mol. The van der Waals surface area contributed by atoms with Crippen molar-refractivity contribution in [1.29, 1.82) is 0 Å². The minimum Gasteiger partial charge on any atom is -0.380 e. The Balaban J connectivity index is 1.78. The van der Waals surface area contributed by atoms with E-state index in [0.717, 1.165) is 33.3 Å². The van der Waals surface area contributed by atoms with Crippen molar-refractivity contribution in [3.63, 3.8) is 0 Å². The molecule has 1 atom stereocenters. The molecule has 0 saturated carbocycles. The number of aryl methyl sites for hydroxylation is 2. The molecule has 36 heavy (non-hydrogen) atoms. The summed E-state index contributed by atoms with van der Waals surface area (Å²) < 4.78 is 3.50. The zero-order valence-electron chi connectivity index (χ0n) is 19.9. The van der Waals surface area contributed by atoms with Gasteiger partial charge in [-0.25, -0.2) is 4.98 Å². The summed E-state index contributed by atoms with van der Waals surface area (Å²) in [5.41, 5.74) is 3.84. The Bertz CT molecular complexity index is 1690. The second-order valence-corrected chi connectivity index (χ2v) is 9.39. The minimum absolute atomic E-state index is 0.126. The highest BCUT2D eigenvalue weighted by atomic mass is 35.5. The van der Waals surface area contributed by atoms with E-state index < -0.39 is 5.60 Å². The standard InChI is InChI=1S/C30H24ClN3O2/c1-4-20-6-5-7-21(14-20)26-16-29(35)34(3)28-13-10-23(15-27(26)28)30(36,17-25-18-32-19-33(25)2)22-8-11-24(31)12-9-22/h1,5-16,18-19,36H,17H2,2-3H3. The van der Waals surface area contributed by atoms with Gasteiger partial charge >= 0.3 is 0 Å². The predicted molar refractivity (Wildman–Crippen MR) is 144 cm³/mol. The number of aliphatic hydroxyl groups is 1. The van der Waals surface area contributed by atoms with Crippen LogP contribution in [0.5, 0.6) is 0 Å². The van der Waals surface area contributed by atoms with Crippen molar-refractivity contribution in [3.8, 4) is 23.5 Å². The van der Waals surface area contributed by atoms with Gasteiger partial charge in [-0.15, -0.1) is 6.42 Å². The summed E-state index contributed by atoms with van der Waals surface area (Å²) in [6.45, 7) is 0. The molecule has 6 heteroatoms. The van der Waals surface area contributed by atoms with Crippen LogP contribution < -0.4 is 5.56 Å². The van der Waals surface area contributed by atoms with Gasteiger partial charge in [-0.1, -0.05) is 47.9 Å². The molecular weight excluding hydrogens is 470 g/mol. The van der Waals surface area contributed by atoms with E-state index in [1.54, 1.807) is 42.3 Å². The molecule has 1 N–H and O–H groups in total. The van der Waals surface area contributed by atoms with Gasteiger partial charge in [0.05, 0.1) is 11.8 Å². The van der Waals surface area contributed by atoms with Gasteiger partial charge in [-0.3, -0.25) is 4.79 Å². The van der Waals surface area contributed by atoms with Crippen LogP contribution in [0.25, 0.3) is 22.0 Å². The molecule has 1 unspecified atom stereocenters. The smallest absolute Gasteiger partial charge is 0.251 e. The number of halogens is 1. The molecule has 5 rings (SSSR count). The number of hydrogen-bond donors (Lipinski definition) is 1. The number of aromatic nitrogens is 3. The summed E-state index contributed by atoms with van der Waals surface area (Å²) in [4.78, 5) is 17.0. The van der Waals surface area contributed by atoms with Crippen molar-refractivity contribution < 1.29 is 5.11 Å². The number of pyridine rings is 1. The third-order valence-electron chi connectivity index (χ3n) is 6.74. The molecule has 2 aromatic heterocycles. The van der Waals surface area contributed by atoms with Crippen LogP contribution in [0, 0.1) is 12.3 Å². The molecule has 0 aliphatic heterocycles. The lowest BCUT2D eigenvalue weighted by molar-refractivity contribution is 0.0794. The Labute approximate surface area is 214 Å². The number of rotatable bonds is 5. The van der Waals surface area contributed by atoms with Crippen LogP contribution >= 0.6 is 11.6 Å². The van der Waals surface area contributed by atoms with Crippen molar-refractivity contribution in [3.05, 3.63) is 123 Å². The first kappa shape index (κ1) is 23.6. The van der Waals surface area contributed by atoms with Gasteiger partial charge in [-0.05, 0) is 58.7 Å². The number of hydrogen-bond acceptors (Lipinski definition) is 3. The molecule has 5 aromatic rings.